The number of carbonyl (C=O) groups is 1. The monoisotopic (exact) mass is 333 g/mol. The molecular formula is C13H16ClNO5S. The average molecular weight is 334 g/mol. The number of ether oxygens (including phenoxy) is 1. The zero-order chi connectivity index (χ0) is 15.6. The highest BCUT2D eigenvalue weighted by Gasteiger charge is 2.33. The number of nitrogens with zero attached hydrogens (tertiary/aromatic N) is 1. The van der Waals surface area contributed by atoms with Crippen molar-refractivity contribution in [2.75, 3.05) is 20.2 Å². The van der Waals surface area contributed by atoms with Gasteiger partial charge in [0.15, 0.2) is 0 Å². The van der Waals surface area contributed by atoms with Crippen LogP contribution < -0.4 is 4.74 Å². The minimum absolute atomic E-state index is 0.0164. The fraction of sp³-hybridized carbons (Fsp3) is 0.462. The maximum Gasteiger partial charge on any atom is 0.306 e. The third-order valence-electron chi connectivity index (χ3n) is 3.56. The molecule has 0 unspecified atom stereocenters. The van der Waals surface area contributed by atoms with E-state index in [0.29, 0.717) is 18.6 Å². The number of rotatable bonds is 4. The molecule has 1 aliphatic heterocycles. The molecule has 6 nitrogen and oxygen atoms in total. The van der Waals surface area contributed by atoms with Crippen LogP contribution in [0.15, 0.2) is 23.1 Å². The van der Waals surface area contributed by atoms with Gasteiger partial charge in [0.25, 0.3) is 0 Å². The Morgan fingerprint density at radius 2 is 2.00 bits per heavy atom. The fourth-order valence-corrected chi connectivity index (χ4v) is 4.25. The Morgan fingerprint density at radius 3 is 2.52 bits per heavy atom. The van der Waals surface area contributed by atoms with E-state index in [4.69, 9.17) is 21.4 Å². The molecule has 1 aromatic carbocycles. The number of methoxy groups -OCH3 is 1. The van der Waals surface area contributed by atoms with Crippen molar-refractivity contribution in [3.63, 3.8) is 0 Å². The summed E-state index contributed by atoms with van der Waals surface area (Å²) in [5, 5.41) is 9.07. The molecule has 2 rings (SSSR count). The topological polar surface area (TPSA) is 83.9 Å². The number of halogens is 1. The van der Waals surface area contributed by atoms with Gasteiger partial charge in [-0.15, -0.1) is 0 Å². The minimum atomic E-state index is -3.75. The van der Waals surface area contributed by atoms with E-state index in [0.717, 1.165) is 0 Å². The Morgan fingerprint density at radius 1 is 1.38 bits per heavy atom. The van der Waals surface area contributed by atoms with Crippen LogP contribution in [0.5, 0.6) is 5.75 Å². The Balaban J connectivity index is 2.25. The van der Waals surface area contributed by atoms with Gasteiger partial charge in [-0.3, -0.25) is 4.79 Å². The Hall–Kier alpha value is -1.31. The lowest BCUT2D eigenvalue weighted by Crippen LogP contribution is -2.40. The van der Waals surface area contributed by atoms with Crippen molar-refractivity contribution in [2.45, 2.75) is 17.7 Å². The third kappa shape index (κ3) is 3.30. The van der Waals surface area contributed by atoms with Crippen LogP contribution in [0.3, 0.4) is 0 Å². The number of piperidine rings is 1. The van der Waals surface area contributed by atoms with E-state index < -0.39 is 21.9 Å². The molecule has 0 bridgehead atoms. The molecule has 0 radical (unpaired) electrons. The molecule has 0 saturated carbocycles. The largest absolute Gasteiger partial charge is 0.497 e. The van der Waals surface area contributed by atoms with E-state index in [2.05, 4.69) is 0 Å². The van der Waals surface area contributed by atoms with Crippen molar-refractivity contribution in [1.29, 1.82) is 0 Å². The van der Waals surface area contributed by atoms with Gasteiger partial charge in [0.1, 0.15) is 10.6 Å². The molecule has 0 amide bonds. The van der Waals surface area contributed by atoms with Gasteiger partial charge in [0.05, 0.1) is 18.1 Å². The summed E-state index contributed by atoms with van der Waals surface area (Å²) in [6, 6.07) is 4.43. The number of sulfonamides is 1. The van der Waals surface area contributed by atoms with Gasteiger partial charge in [-0.2, -0.15) is 4.31 Å². The quantitative estimate of drug-likeness (QED) is 0.908. The van der Waals surface area contributed by atoms with Crippen LogP contribution in [0.2, 0.25) is 5.02 Å². The van der Waals surface area contributed by atoms with E-state index >= 15 is 0 Å². The van der Waals surface area contributed by atoms with Crippen molar-refractivity contribution in [3.8, 4) is 5.75 Å². The van der Waals surface area contributed by atoms with Gasteiger partial charge < -0.3 is 9.84 Å². The summed E-state index contributed by atoms with van der Waals surface area (Å²) in [5.74, 6) is -0.970. The maximum absolute atomic E-state index is 12.6. The first-order chi connectivity index (χ1) is 9.86. The number of benzene rings is 1. The molecule has 0 spiro atoms. The molecule has 1 aliphatic rings. The zero-order valence-electron chi connectivity index (χ0n) is 11.5. The van der Waals surface area contributed by atoms with Crippen LogP contribution in [0.1, 0.15) is 12.8 Å². The molecule has 1 saturated heterocycles. The van der Waals surface area contributed by atoms with Crippen molar-refractivity contribution >= 4 is 27.6 Å². The molecule has 1 fully saturated rings. The van der Waals surface area contributed by atoms with Crippen LogP contribution in [-0.4, -0.2) is 44.0 Å². The summed E-state index contributed by atoms with van der Waals surface area (Å²) in [7, 11) is -2.30. The van der Waals surface area contributed by atoms with Crippen LogP contribution in [-0.2, 0) is 14.8 Å². The summed E-state index contributed by atoms with van der Waals surface area (Å²) in [6.45, 7) is 0.347. The normalized spacial score (nSPS) is 17.6. The van der Waals surface area contributed by atoms with Gasteiger partial charge in [-0.25, -0.2) is 8.42 Å². The predicted molar refractivity (Wildman–Crippen MR) is 77.1 cm³/mol. The van der Waals surface area contributed by atoms with E-state index in [1.54, 1.807) is 6.07 Å². The molecule has 0 atom stereocenters. The number of carboxylic acids is 1. The number of carboxylic acid groups (broad SMARTS) is 1. The van der Waals surface area contributed by atoms with Crippen molar-refractivity contribution in [2.24, 2.45) is 5.92 Å². The van der Waals surface area contributed by atoms with Gasteiger partial charge >= 0.3 is 5.97 Å². The number of hydrogen-bond donors (Lipinski definition) is 1. The van der Waals surface area contributed by atoms with Crippen LogP contribution in [0.4, 0.5) is 0 Å². The number of hydrogen-bond acceptors (Lipinski definition) is 4. The fourth-order valence-electron chi connectivity index (χ4n) is 2.29. The van der Waals surface area contributed by atoms with Gasteiger partial charge in [-0.05, 0) is 25.0 Å². The SMILES string of the molecule is COc1ccc(Cl)c(S(=O)(=O)N2CCC(C(=O)O)CC2)c1. The maximum atomic E-state index is 12.6. The highest BCUT2D eigenvalue weighted by atomic mass is 35.5. The second-order valence-electron chi connectivity index (χ2n) is 4.81. The molecule has 21 heavy (non-hydrogen) atoms. The van der Waals surface area contributed by atoms with Crippen molar-refractivity contribution in [3.05, 3.63) is 23.2 Å². The Labute approximate surface area is 128 Å². The highest BCUT2D eigenvalue weighted by molar-refractivity contribution is 7.89. The van der Waals surface area contributed by atoms with E-state index in [-0.39, 0.29) is 23.0 Å². The zero-order valence-corrected chi connectivity index (χ0v) is 13.0. The summed E-state index contributed by atoms with van der Waals surface area (Å²) in [4.78, 5) is 10.9. The minimum Gasteiger partial charge on any atom is -0.497 e. The summed E-state index contributed by atoms with van der Waals surface area (Å²) in [5.41, 5.74) is 0. The summed E-state index contributed by atoms with van der Waals surface area (Å²) >= 11 is 5.98. The van der Waals surface area contributed by atoms with Crippen molar-refractivity contribution < 1.29 is 23.1 Å². The predicted octanol–water partition coefficient (Wildman–Crippen LogP) is 1.83. The summed E-state index contributed by atoms with van der Waals surface area (Å²) < 4.78 is 31.5. The Kier molecular flexibility index (Phi) is 4.75. The van der Waals surface area contributed by atoms with Crippen LogP contribution in [0, 0.1) is 5.92 Å². The second kappa shape index (κ2) is 6.21. The van der Waals surface area contributed by atoms with Crippen molar-refractivity contribution in [1.82, 2.24) is 4.31 Å². The molecule has 1 heterocycles. The molecule has 0 aromatic heterocycles. The lowest BCUT2D eigenvalue weighted by atomic mass is 9.99. The van der Waals surface area contributed by atoms with Crippen LogP contribution >= 0.6 is 11.6 Å². The number of aliphatic carboxylic acids is 1. The van der Waals surface area contributed by atoms with E-state index in [9.17, 15) is 13.2 Å². The molecule has 0 aliphatic carbocycles. The first-order valence-electron chi connectivity index (χ1n) is 6.42. The smallest absolute Gasteiger partial charge is 0.306 e. The first-order valence-corrected chi connectivity index (χ1v) is 8.24. The van der Waals surface area contributed by atoms with Gasteiger partial charge in [0.2, 0.25) is 10.0 Å². The molecular weight excluding hydrogens is 318 g/mol. The van der Waals surface area contributed by atoms with Gasteiger partial charge in [0, 0.05) is 19.2 Å². The lowest BCUT2D eigenvalue weighted by Gasteiger charge is -2.29. The summed E-state index contributed by atoms with van der Waals surface area (Å²) in [6.07, 6.45) is 0.603. The Bertz CT molecular complexity index is 638. The standard InChI is InChI=1S/C13H16ClNO5S/c1-20-10-2-3-11(14)12(8-10)21(18,19)15-6-4-9(5-7-15)13(16)17/h2-3,8-9H,4-7H2,1H3,(H,16,17). The molecule has 1 N–H and O–H groups in total. The lowest BCUT2D eigenvalue weighted by molar-refractivity contribution is -0.142. The highest BCUT2D eigenvalue weighted by Crippen LogP contribution is 2.31. The van der Waals surface area contributed by atoms with Crippen LogP contribution in [0.25, 0.3) is 0 Å². The van der Waals surface area contributed by atoms with E-state index in [1.807, 2.05) is 0 Å². The molecule has 8 heteroatoms. The third-order valence-corrected chi connectivity index (χ3v) is 5.94. The van der Waals surface area contributed by atoms with Gasteiger partial charge in [-0.1, -0.05) is 11.6 Å². The second-order valence-corrected chi connectivity index (χ2v) is 7.13. The van der Waals surface area contributed by atoms with E-state index in [1.165, 1.54) is 23.5 Å². The molecule has 116 valence electrons. The first kappa shape index (κ1) is 16.1. The average Bonchev–Trinajstić information content (AvgIpc) is 2.47. The molecule has 1 aromatic rings.